The molecular weight excluding hydrogens is 401 g/mol. The molecule has 1 aromatic carbocycles. The Hall–Kier alpha value is -1.38. The highest BCUT2D eigenvalue weighted by molar-refractivity contribution is 9.10. The van der Waals surface area contributed by atoms with E-state index in [0.717, 1.165) is 0 Å². The molecule has 0 aliphatic carbocycles. The van der Waals surface area contributed by atoms with Crippen molar-refractivity contribution in [2.45, 2.75) is 51.4 Å². The fourth-order valence-electron chi connectivity index (χ4n) is 2.53. The van der Waals surface area contributed by atoms with E-state index in [4.69, 9.17) is 4.74 Å². The molecule has 1 aliphatic rings. The first kappa shape index (κ1) is 19.0. The molecule has 2 rings (SSSR count). The molecule has 1 aliphatic heterocycles. The Bertz CT molecular complexity index is 669. The number of amides is 1. The molecule has 1 aromatic rings. The predicted octanol–water partition coefficient (Wildman–Crippen LogP) is 5.35. The highest BCUT2D eigenvalue weighted by atomic mass is 79.9. The van der Waals surface area contributed by atoms with Crippen LogP contribution in [0.5, 0.6) is 0 Å². The summed E-state index contributed by atoms with van der Waals surface area (Å²) in [6.07, 6.45) is -6.93. The maximum atomic E-state index is 14.0. The monoisotopic (exact) mass is 415 g/mol. The highest BCUT2D eigenvalue weighted by Crippen LogP contribution is 2.44. The molecule has 1 amide bonds. The number of alkyl halides is 3. The lowest BCUT2D eigenvalue weighted by Crippen LogP contribution is -2.53. The van der Waals surface area contributed by atoms with E-state index in [-0.39, 0.29) is 22.1 Å². The van der Waals surface area contributed by atoms with Crippen molar-refractivity contribution in [1.82, 2.24) is 0 Å². The topological polar surface area (TPSA) is 29.5 Å². The summed E-state index contributed by atoms with van der Waals surface area (Å²) in [4.78, 5) is 12.7. The number of benzene rings is 1. The largest absolute Gasteiger partial charge is 0.443 e. The molecular formula is C15H15BrF5NO2. The Balaban J connectivity index is 2.62. The lowest BCUT2D eigenvalue weighted by Gasteiger charge is -2.39. The van der Waals surface area contributed by atoms with E-state index in [1.807, 2.05) is 0 Å². The Kier molecular flexibility index (Phi) is 4.87. The zero-order valence-corrected chi connectivity index (χ0v) is 14.7. The fourth-order valence-corrected chi connectivity index (χ4v) is 3.16. The Morgan fingerprint density at radius 3 is 2.38 bits per heavy atom. The SMILES string of the molecule is CC(C)(C)OC(=O)N1c2c(Br)cc(F)c(F)c2CCC1C(F)(F)F. The van der Waals surface area contributed by atoms with Crippen molar-refractivity contribution in [1.29, 1.82) is 0 Å². The van der Waals surface area contributed by atoms with Gasteiger partial charge in [-0.15, -0.1) is 0 Å². The molecule has 0 saturated carbocycles. The summed E-state index contributed by atoms with van der Waals surface area (Å²) in [5, 5.41) is 0. The molecule has 3 nitrogen and oxygen atoms in total. The molecule has 0 saturated heterocycles. The molecule has 24 heavy (non-hydrogen) atoms. The lowest BCUT2D eigenvalue weighted by atomic mass is 9.95. The second kappa shape index (κ2) is 6.16. The maximum absolute atomic E-state index is 14.0. The van der Waals surface area contributed by atoms with Gasteiger partial charge in [-0.1, -0.05) is 0 Å². The van der Waals surface area contributed by atoms with Crippen molar-refractivity contribution >= 4 is 27.7 Å². The smallest absolute Gasteiger partial charge is 0.415 e. The molecule has 9 heteroatoms. The van der Waals surface area contributed by atoms with Crippen LogP contribution in [0.25, 0.3) is 0 Å². The van der Waals surface area contributed by atoms with Crippen LogP contribution in [-0.2, 0) is 11.2 Å². The van der Waals surface area contributed by atoms with E-state index in [1.165, 1.54) is 20.8 Å². The molecule has 1 heterocycles. The summed E-state index contributed by atoms with van der Waals surface area (Å²) in [5.41, 5.74) is -1.68. The lowest BCUT2D eigenvalue weighted by molar-refractivity contribution is -0.150. The summed E-state index contributed by atoms with van der Waals surface area (Å²) in [6, 6.07) is -1.48. The summed E-state index contributed by atoms with van der Waals surface area (Å²) in [7, 11) is 0. The molecule has 0 aromatic heterocycles. The summed E-state index contributed by atoms with van der Waals surface area (Å²) in [6.45, 7) is 4.50. The van der Waals surface area contributed by atoms with E-state index in [0.29, 0.717) is 11.0 Å². The summed E-state index contributed by atoms with van der Waals surface area (Å²) < 4.78 is 72.5. The van der Waals surface area contributed by atoms with Crippen LogP contribution < -0.4 is 4.90 Å². The number of ether oxygens (including phenoxy) is 1. The third-order valence-electron chi connectivity index (χ3n) is 3.43. The average molecular weight is 416 g/mol. The van der Waals surface area contributed by atoms with Crippen LogP contribution in [0.1, 0.15) is 32.8 Å². The minimum atomic E-state index is -4.74. The van der Waals surface area contributed by atoms with E-state index >= 15 is 0 Å². The number of nitrogens with zero attached hydrogens (tertiary/aromatic N) is 1. The van der Waals surface area contributed by atoms with Crippen molar-refractivity contribution in [2.75, 3.05) is 4.90 Å². The Morgan fingerprint density at radius 1 is 1.29 bits per heavy atom. The van der Waals surface area contributed by atoms with Gasteiger partial charge >= 0.3 is 12.3 Å². The van der Waals surface area contributed by atoms with Gasteiger partial charge in [0.05, 0.1) is 5.69 Å². The molecule has 1 unspecified atom stereocenters. The van der Waals surface area contributed by atoms with Crippen LogP contribution in [0.2, 0.25) is 0 Å². The van der Waals surface area contributed by atoms with Crippen LogP contribution >= 0.6 is 15.9 Å². The first-order valence-electron chi connectivity index (χ1n) is 7.08. The molecule has 0 spiro atoms. The number of rotatable bonds is 0. The number of hydrogen-bond donors (Lipinski definition) is 0. The van der Waals surface area contributed by atoms with Crippen LogP contribution in [-0.4, -0.2) is 23.9 Å². The van der Waals surface area contributed by atoms with Gasteiger partial charge in [0.25, 0.3) is 0 Å². The number of anilines is 1. The first-order valence-corrected chi connectivity index (χ1v) is 7.87. The van der Waals surface area contributed by atoms with Gasteiger partial charge in [0.2, 0.25) is 0 Å². The van der Waals surface area contributed by atoms with E-state index in [2.05, 4.69) is 15.9 Å². The van der Waals surface area contributed by atoms with Crippen LogP contribution in [0, 0.1) is 11.6 Å². The van der Waals surface area contributed by atoms with E-state index in [1.54, 1.807) is 0 Å². The zero-order valence-electron chi connectivity index (χ0n) is 13.1. The van der Waals surface area contributed by atoms with Crippen LogP contribution in [0.4, 0.5) is 32.4 Å². The quantitative estimate of drug-likeness (QED) is 0.422. The van der Waals surface area contributed by atoms with Gasteiger partial charge in [-0.25, -0.2) is 13.6 Å². The number of halogens is 6. The first-order chi connectivity index (χ1) is 10.8. The van der Waals surface area contributed by atoms with Gasteiger partial charge in [0.1, 0.15) is 11.6 Å². The van der Waals surface area contributed by atoms with Gasteiger partial charge in [0, 0.05) is 10.0 Å². The second-order valence-corrected chi connectivity index (χ2v) is 7.28. The van der Waals surface area contributed by atoms with Crippen molar-refractivity contribution in [3.8, 4) is 0 Å². The van der Waals surface area contributed by atoms with Crippen molar-refractivity contribution < 1.29 is 31.5 Å². The number of hydrogen-bond acceptors (Lipinski definition) is 2. The number of carbonyl (C=O) groups excluding carboxylic acids is 1. The van der Waals surface area contributed by atoms with Gasteiger partial charge in [-0.05, 0) is 55.6 Å². The van der Waals surface area contributed by atoms with Crippen LogP contribution in [0.15, 0.2) is 10.5 Å². The molecule has 0 fully saturated rings. The molecule has 1 atom stereocenters. The minimum absolute atomic E-state index is 0.142. The molecule has 0 bridgehead atoms. The van der Waals surface area contributed by atoms with Crippen molar-refractivity contribution in [3.63, 3.8) is 0 Å². The molecule has 0 N–H and O–H groups in total. The van der Waals surface area contributed by atoms with E-state index in [9.17, 15) is 26.7 Å². The fraction of sp³-hybridized carbons (Fsp3) is 0.533. The van der Waals surface area contributed by atoms with Gasteiger partial charge in [0.15, 0.2) is 11.6 Å². The Labute approximate surface area is 143 Å². The average Bonchev–Trinajstić information content (AvgIpc) is 2.40. The van der Waals surface area contributed by atoms with Crippen molar-refractivity contribution in [3.05, 3.63) is 27.7 Å². The molecule has 0 radical (unpaired) electrons. The zero-order chi connectivity index (χ0) is 18.4. The standard InChI is InChI=1S/C15H15BrF5NO2/c1-14(2,3)24-13(23)22-10(15(19,20)21)5-4-7-11(18)9(17)6-8(16)12(7)22/h6,10H,4-5H2,1-3H3. The van der Waals surface area contributed by atoms with E-state index < -0.39 is 42.0 Å². The van der Waals surface area contributed by atoms with Gasteiger partial charge in [-0.3, -0.25) is 4.90 Å². The predicted molar refractivity (Wildman–Crippen MR) is 80.9 cm³/mol. The molecule has 134 valence electrons. The maximum Gasteiger partial charge on any atom is 0.415 e. The normalized spacial score (nSPS) is 18.4. The Morgan fingerprint density at radius 2 is 1.88 bits per heavy atom. The van der Waals surface area contributed by atoms with Gasteiger partial charge in [-0.2, -0.15) is 13.2 Å². The second-order valence-electron chi connectivity index (χ2n) is 6.43. The third kappa shape index (κ3) is 3.65. The number of fused-ring (bicyclic) bond motifs is 1. The third-order valence-corrected chi connectivity index (χ3v) is 4.03. The van der Waals surface area contributed by atoms with Crippen LogP contribution in [0.3, 0.4) is 0 Å². The summed E-state index contributed by atoms with van der Waals surface area (Å²) >= 11 is 2.93. The summed E-state index contributed by atoms with van der Waals surface area (Å²) in [5.74, 6) is -2.46. The van der Waals surface area contributed by atoms with Gasteiger partial charge < -0.3 is 4.74 Å². The minimum Gasteiger partial charge on any atom is -0.443 e. The van der Waals surface area contributed by atoms with Crippen molar-refractivity contribution in [2.24, 2.45) is 0 Å². The highest BCUT2D eigenvalue weighted by Gasteiger charge is 2.50. The number of carbonyl (C=O) groups is 1.